The van der Waals surface area contributed by atoms with Gasteiger partial charge in [0.05, 0.1) is 27.9 Å². The van der Waals surface area contributed by atoms with Gasteiger partial charge < -0.3 is 15.3 Å². The minimum atomic E-state index is -1.01. The molecule has 37 heavy (non-hydrogen) atoms. The van der Waals surface area contributed by atoms with Gasteiger partial charge in [-0.15, -0.1) is 0 Å². The maximum absolute atomic E-state index is 13.5. The molecule has 1 spiro atoms. The molecule has 1 aliphatic heterocycles. The van der Waals surface area contributed by atoms with E-state index in [9.17, 15) is 19.5 Å². The number of likely N-dealkylation sites (tertiary alicyclic amines) is 1. The molecule has 1 aliphatic carbocycles. The second-order valence-electron chi connectivity index (χ2n) is 10.5. The van der Waals surface area contributed by atoms with Crippen molar-refractivity contribution in [2.75, 3.05) is 18.9 Å². The lowest BCUT2D eigenvalue weighted by atomic mass is 9.73. The number of carbonyl (C=O) groups excluding carboxylic acids is 1. The van der Waals surface area contributed by atoms with E-state index in [1.807, 2.05) is 37.9 Å². The van der Waals surface area contributed by atoms with Crippen LogP contribution in [0.2, 0.25) is 0 Å². The van der Waals surface area contributed by atoms with Crippen LogP contribution in [-0.4, -0.2) is 45.0 Å². The fourth-order valence-corrected chi connectivity index (χ4v) is 5.79. The molecule has 1 saturated heterocycles. The third-order valence-electron chi connectivity index (χ3n) is 7.98. The van der Waals surface area contributed by atoms with Crippen LogP contribution < -0.4 is 10.9 Å². The Balaban J connectivity index is 1.57. The molecular formula is C29H32N4O4. The number of carbonyl (C=O) groups is 2. The van der Waals surface area contributed by atoms with Crippen molar-refractivity contribution in [2.45, 2.75) is 45.6 Å². The highest BCUT2D eigenvalue weighted by Crippen LogP contribution is 2.45. The van der Waals surface area contributed by atoms with E-state index in [1.54, 1.807) is 35.9 Å². The van der Waals surface area contributed by atoms with Crippen LogP contribution in [0.3, 0.4) is 0 Å². The second kappa shape index (κ2) is 9.18. The van der Waals surface area contributed by atoms with Gasteiger partial charge in [0.15, 0.2) is 0 Å². The number of rotatable bonds is 5. The molecule has 5 rings (SSSR count). The summed E-state index contributed by atoms with van der Waals surface area (Å²) < 4.78 is 1.61. The van der Waals surface area contributed by atoms with Crippen LogP contribution in [0.5, 0.6) is 0 Å². The number of fused-ring (bicyclic) bond motifs is 1. The number of nitrogens with zero attached hydrogens (tertiary/aromatic N) is 3. The summed E-state index contributed by atoms with van der Waals surface area (Å²) in [4.78, 5) is 44.8. The van der Waals surface area contributed by atoms with Gasteiger partial charge in [-0.05, 0) is 68.9 Å². The van der Waals surface area contributed by atoms with Crippen LogP contribution in [0.25, 0.3) is 16.5 Å². The zero-order valence-electron chi connectivity index (χ0n) is 21.7. The normalized spacial score (nSPS) is 20.4. The number of hydrogen-bond donors (Lipinski definition) is 2. The van der Waals surface area contributed by atoms with Crippen LogP contribution in [0, 0.1) is 12.3 Å². The smallest absolute Gasteiger partial charge is 0.337 e. The van der Waals surface area contributed by atoms with Crippen LogP contribution in [0.15, 0.2) is 47.3 Å². The van der Waals surface area contributed by atoms with Crippen molar-refractivity contribution >= 4 is 34.0 Å². The number of aromatic carboxylic acids is 1. The summed E-state index contributed by atoms with van der Waals surface area (Å²) in [5.41, 5.74) is 3.59. The van der Waals surface area contributed by atoms with Gasteiger partial charge in [0.1, 0.15) is 5.82 Å². The number of nitrogens with one attached hydrogen (secondary N) is 1. The monoisotopic (exact) mass is 500 g/mol. The zero-order valence-corrected chi connectivity index (χ0v) is 21.7. The number of anilines is 1. The lowest BCUT2D eigenvalue weighted by Gasteiger charge is -2.30. The maximum Gasteiger partial charge on any atom is 0.337 e. The van der Waals surface area contributed by atoms with Crippen molar-refractivity contribution in [1.29, 1.82) is 0 Å². The molecule has 1 aromatic heterocycles. The van der Waals surface area contributed by atoms with E-state index in [-0.39, 0.29) is 28.5 Å². The van der Waals surface area contributed by atoms with Crippen molar-refractivity contribution in [3.8, 4) is 0 Å². The van der Waals surface area contributed by atoms with Gasteiger partial charge in [-0.3, -0.25) is 14.2 Å². The van der Waals surface area contributed by atoms with E-state index in [2.05, 4.69) is 11.4 Å². The van der Waals surface area contributed by atoms with Gasteiger partial charge in [-0.25, -0.2) is 9.78 Å². The number of benzene rings is 2. The number of allylic oxidation sites excluding steroid dienone is 2. The van der Waals surface area contributed by atoms with E-state index in [0.717, 1.165) is 36.1 Å². The molecule has 1 fully saturated rings. The van der Waals surface area contributed by atoms with E-state index in [4.69, 9.17) is 4.98 Å². The molecule has 8 nitrogen and oxygen atoms in total. The molecule has 0 radical (unpaired) electrons. The van der Waals surface area contributed by atoms with E-state index in [0.29, 0.717) is 35.3 Å². The number of amides is 1. The first-order valence-electron chi connectivity index (χ1n) is 12.7. The zero-order chi connectivity index (χ0) is 26.5. The van der Waals surface area contributed by atoms with Crippen molar-refractivity contribution in [2.24, 2.45) is 12.5 Å². The van der Waals surface area contributed by atoms with Crippen molar-refractivity contribution in [3.05, 3.63) is 75.3 Å². The van der Waals surface area contributed by atoms with Crippen LogP contribution in [-0.2, 0) is 11.8 Å². The van der Waals surface area contributed by atoms with Crippen LogP contribution >= 0.6 is 0 Å². The van der Waals surface area contributed by atoms with Crippen LogP contribution in [0.1, 0.15) is 66.0 Å². The number of hydrogen-bond acceptors (Lipinski definition) is 5. The first-order valence-corrected chi connectivity index (χ1v) is 12.7. The Morgan fingerprint density at radius 3 is 2.57 bits per heavy atom. The standard InChI is InChI=1S/C29H32N4O4/c1-17-15-21(18(2)30-23-8-6-5-7-20(23)27(35)36)24-22(16-17)26(34)33(4)25(31-24)19-9-11-29(12-10-19)13-14-32(3)28(29)37/h5-9,15-16,18,30H,10-14H2,1-4H3,(H,35,36)/t18-,29+/m1/s1. The van der Waals surface area contributed by atoms with Crippen molar-refractivity contribution in [3.63, 3.8) is 0 Å². The SMILES string of the molecule is Cc1cc([C@@H](C)Nc2ccccc2C(=O)O)c2nc(C3=CC[C@]4(CC3)CCN(C)C4=O)n(C)c(=O)c2c1. The topological polar surface area (TPSA) is 105 Å². The number of para-hydroxylation sites is 1. The summed E-state index contributed by atoms with van der Waals surface area (Å²) in [6, 6.07) is 10.3. The summed E-state index contributed by atoms with van der Waals surface area (Å²) in [5.74, 6) is -0.176. The largest absolute Gasteiger partial charge is 0.478 e. The summed E-state index contributed by atoms with van der Waals surface area (Å²) in [6.45, 7) is 4.66. The molecule has 0 bridgehead atoms. The molecule has 1 amide bonds. The Morgan fingerprint density at radius 2 is 1.92 bits per heavy atom. The van der Waals surface area contributed by atoms with Gasteiger partial charge >= 0.3 is 5.97 Å². The molecule has 0 saturated carbocycles. The fraction of sp³-hybridized carbons (Fsp3) is 0.379. The first-order chi connectivity index (χ1) is 17.6. The summed E-state index contributed by atoms with van der Waals surface area (Å²) in [5, 5.41) is 13.4. The highest BCUT2D eigenvalue weighted by molar-refractivity contribution is 5.94. The number of aromatic nitrogens is 2. The summed E-state index contributed by atoms with van der Waals surface area (Å²) in [7, 11) is 3.61. The van der Waals surface area contributed by atoms with E-state index >= 15 is 0 Å². The summed E-state index contributed by atoms with van der Waals surface area (Å²) in [6.07, 6.45) is 5.05. The Bertz CT molecular complexity index is 1520. The second-order valence-corrected chi connectivity index (χ2v) is 10.5. The van der Waals surface area contributed by atoms with Gasteiger partial charge in [0.25, 0.3) is 5.56 Å². The number of carboxylic acids is 1. The predicted molar refractivity (Wildman–Crippen MR) is 144 cm³/mol. The molecular weight excluding hydrogens is 468 g/mol. The van der Waals surface area contributed by atoms with Gasteiger partial charge in [-0.2, -0.15) is 0 Å². The third kappa shape index (κ3) is 4.20. The highest BCUT2D eigenvalue weighted by atomic mass is 16.4. The van der Waals surface area contributed by atoms with Crippen molar-refractivity contribution in [1.82, 2.24) is 14.5 Å². The van der Waals surface area contributed by atoms with E-state index < -0.39 is 5.97 Å². The average molecular weight is 501 g/mol. The molecule has 8 heteroatoms. The first kappa shape index (κ1) is 24.7. The third-order valence-corrected chi connectivity index (χ3v) is 7.98. The van der Waals surface area contributed by atoms with Crippen LogP contribution in [0.4, 0.5) is 5.69 Å². The minimum absolute atomic E-state index is 0.124. The highest BCUT2D eigenvalue weighted by Gasteiger charge is 2.45. The molecule has 2 N–H and O–H groups in total. The number of carboxylic acid groups (broad SMARTS) is 1. The molecule has 192 valence electrons. The van der Waals surface area contributed by atoms with Gasteiger partial charge in [0.2, 0.25) is 5.91 Å². The van der Waals surface area contributed by atoms with Gasteiger partial charge in [0, 0.05) is 31.9 Å². The molecule has 0 unspecified atom stereocenters. The Hall–Kier alpha value is -3.94. The fourth-order valence-electron chi connectivity index (χ4n) is 5.79. The lowest BCUT2D eigenvalue weighted by molar-refractivity contribution is -0.135. The molecule has 2 aromatic carbocycles. The Morgan fingerprint density at radius 1 is 1.16 bits per heavy atom. The van der Waals surface area contributed by atoms with Crippen molar-refractivity contribution < 1.29 is 14.7 Å². The quantitative estimate of drug-likeness (QED) is 0.533. The number of aryl methyl sites for hydroxylation is 1. The average Bonchev–Trinajstić information content (AvgIpc) is 3.15. The lowest BCUT2D eigenvalue weighted by Crippen LogP contribution is -2.34. The predicted octanol–water partition coefficient (Wildman–Crippen LogP) is 4.53. The molecule has 2 heterocycles. The molecule has 3 aromatic rings. The maximum atomic E-state index is 13.5. The molecule has 2 atom stereocenters. The summed E-state index contributed by atoms with van der Waals surface area (Å²) >= 11 is 0. The molecule has 2 aliphatic rings. The Labute approximate surface area is 215 Å². The van der Waals surface area contributed by atoms with Gasteiger partial charge in [-0.1, -0.05) is 24.3 Å². The van der Waals surface area contributed by atoms with E-state index in [1.165, 1.54) is 0 Å². The Kier molecular flexibility index (Phi) is 6.14. The minimum Gasteiger partial charge on any atom is -0.478 e.